The Kier molecular flexibility index (Phi) is 6.33. The quantitative estimate of drug-likeness (QED) is 0.190. The van der Waals surface area contributed by atoms with Gasteiger partial charge in [0.25, 0.3) is 0 Å². The fraction of sp³-hybridized carbons (Fsp3) is 0. The molecule has 0 unspecified atom stereocenters. The van der Waals surface area contributed by atoms with Gasteiger partial charge in [-0.2, -0.15) is 11.6 Å². The minimum atomic E-state index is 0. The van der Waals surface area contributed by atoms with Crippen LogP contribution in [0.4, 0.5) is 0 Å². The number of fused-ring (bicyclic) bond motifs is 1. The van der Waals surface area contributed by atoms with Crippen LogP contribution in [0.5, 0.6) is 11.6 Å². The van der Waals surface area contributed by atoms with Gasteiger partial charge in [0.1, 0.15) is 5.75 Å². The summed E-state index contributed by atoms with van der Waals surface area (Å²) in [5, 5.41) is 11.4. The van der Waals surface area contributed by atoms with E-state index in [2.05, 4.69) is 11.1 Å². The van der Waals surface area contributed by atoms with Gasteiger partial charge >= 0.3 is 11.0 Å². The van der Waals surface area contributed by atoms with Gasteiger partial charge in [-0.25, -0.2) is 0 Å². The molecule has 0 aliphatic rings. The Balaban J connectivity index is 0.00000210. The van der Waals surface area contributed by atoms with E-state index in [4.69, 9.17) is 27.9 Å². The molecule has 0 aliphatic carbocycles. The van der Waals surface area contributed by atoms with Crippen molar-refractivity contribution >= 4 is 34.1 Å². The summed E-state index contributed by atoms with van der Waals surface area (Å²) in [4.78, 5) is 4.34. The van der Waals surface area contributed by atoms with E-state index >= 15 is 0 Å². The molecule has 4 nitrogen and oxygen atoms in total. The third-order valence-corrected chi connectivity index (χ3v) is 4.35. The summed E-state index contributed by atoms with van der Waals surface area (Å²) in [6.45, 7) is 0. The Labute approximate surface area is 191 Å². The van der Waals surface area contributed by atoms with Crippen molar-refractivity contribution < 1.29 is 47.4 Å². The minimum absolute atomic E-state index is 0. The Hall–Kier alpha value is -1.72. The van der Waals surface area contributed by atoms with Crippen LogP contribution in [0.3, 0.4) is 0 Å². The first-order valence-electron chi connectivity index (χ1n) is 7.76. The van der Waals surface area contributed by atoms with Crippen molar-refractivity contribution in [3.05, 3.63) is 83.1 Å². The van der Waals surface area contributed by atoms with Gasteiger partial charge in [0, 0.05) is 44.3 Å². The van der Waals surface area contributed by atoms with Gasteiger partial charge < -0.3 is 4.74 Å². The van der Waals surface area contributed by atoms with E-state index in [-0.39, 0.29) is 43.7 Å². The van der Waals surface area contributed by atoms with E-state index in [1.807, 2.05) is 42.5 Å². The molecule has 2 heterocycles. The maximum Gasteiger partial charge on any atom is 0.425 e. The number of nitrogens with zero attached hydrogens (tertiary/aromatic N) is 2. The van der Waals surface area contributed by atoms with Gasteiger partial charge in [0.2, 0.25) is 0 Å². The Bertz CT molecular complexity index is 1120. The van der Waals surface area contributed by atoms with Crippen LogP contribution in [0, 0.1) is 6.07 Å². The maximum absolute atomic E-state index is 10.00. The molecule has 0 amide bonds. The molecule has 131 valence electrons. The predicted molar refractivity (Wildman–Crippen MR) is 99.9 cm³/mol. The van der Waals surface area contributed by atoms with E-state index in [0.717, 1.165) is 26.8 Å². The van der Waals surface area contributed by atoms with Gasteiger partial charge in [-0.3, -0.25) is 10.2 Å². The molecule has 0 spiro atoms. The van der Waals surface area contributed by atoms with Crippen LogP contribution in [0.2, 0.25) is 10.2 Å². The predicted octanol–water partition coefficient (Wildman–Crippen LogP) is 5.32. The number of rotatable bonds is 3. The first kappa shape index (κ1) is 20.0. The Morgan fingerprint density at radius 3 is 2.67 bits per heavy atom. The number of halogens is 2. The summed E-state index contributed by atoms with van der Waals surface area (Å²) in [7, 11) is 0. The molecule has 0 aliphatic heterocycles. The molecule has 0 bridgehead atoms. The molecule has 2 aromatic carbocycles. The van der Waals surface area contributed by atoms with E-state index in [0.29, 0.717) is 10.8 Å². The average molecular weight is 472 g/mol. The van der Waals surface area contributed by atoms with E-state index in [9.17, 15) is 5.21 Å². The topological polar surface area (TPSA) is 46.2 Å². The van der Waals surface area contributed by atoms with Gasteiger partial charge in [-0.1, -0.05) is 35.9 Å². The smallest absolute Gasteiger partial charge is 0.403 e. The number of ether oxygens (including phenoxy) is 1. The van der Waals surface area contributed by atoms with Crippen LogP contribution in [0.1, 0.15) is 0 Å². The monoisotopic (exact) mass is 471 g/mol. The number of hydrogen-bond acceptors (Lipinski definition) is 3. The van der Waals surface area contributed by atoms with Crippen LogP contribution in [0.15, 0.2) is 66.9 Å². The van der Waals surface area contributed by atoms with Crippen molar-refractivity contribution in [1.29, 1.82) is 0 Å². The zero-order valence-electron chi connectivity index (χ0n) is 13.9. The first-order valence-corrected chi connectivity index (χ1v) is 8.51. The maximum atomic E-state index is 10.00. The molecule has 0 atom stereocenters. The first-order chi connectivity index (χ1) is 12.6. The summed E-state index contributed by atoms with van der Waals surface area (Å²) >= 11 is 11.9. The third-order valence-electron chi connectivity index (χ3n) is 3.86. The van der Waals surface area contributed by atoms with Crippen LogP contribution >= 0.6 is 23.2 Å². The average Bonchev–Trinajstić information content (AvgIpc) is 2.65. The fourth-order valence-corrected chi connectivity index (χ4v) is 3.14. The van der Waals surface area contributed by atoms with Gasteiger partial charge in [0.15, 0.2) is 0 Å². The number of hydrogen-bond donors (Lipinski definition) is 1. The molecule has 4 aromatic rings. The molecule has 27 heavy (non-hydrogen) atoms. The number of pyridine rings is 2. The minimum Gasteiger partial charge on any atom is -0.403 e. The molecule has 0 saturated carbocycles. The molecule has 1 radical (unpaired) electrons. The number of para-hydroxylation sites is 1. The summed E-state index contributed by atoms with van der Waals surface area (Å²) in [6.07, 6.45) is 1.66. The summed E-state index contributed by atoms with van der Waals surface area (Å²) in [5.41, 5.74) is 2.73. The third kappa shape index (κ3) is 4.25. The molecular weight excluding hydrogens is 460 g/mol. The Morgan fingerprint density at radius 2 is 1.81 bits per heavy atom. The van der Waals surface area contributed by atoms with Crippen LogP contribution < -0.4 is 9.47 Å². The molecule has 1 N–H and O–H groups in total. The molecule has 4 rings (SSSR count). The Morgan fingerprint density at radius 1 is 1.00 bits per heavy atom. The van der Waals surface area contributed by atoms with Crippen molar-refractivity contribution in [2.45, 2.75) is 0 Å². The molecule has 7 heteroatoms. The van der Waals surface area contributed by atoms with Gasteiger partial charge in [-0.15, -0.1) is 23.1 Å². The van der Waals surface area contributed by atoms with Crippen molar-refractivity contribution in [2.75, 3.05) is 0 Å². The molecule has 0 saturated heterocycles. The van der Waals surface area contributed by atoms with Gasteiger partial charge in [-0.05, 0) is 29.9 Å². The zero-order chi connectivity index (χ0) is 18.1. The van der Waals surface area contributed by atoms with Crippen molar-refractivity contribution in [2.24, 2.45) is 0 Å². The molecular formula is C20H12Cl2N2O2Y. The number of aromatic nitrogens is 2. The van der Waals surface area contributed by atoms with Gasteiger partial charge in [0.05, 0.1) is 15.8 Å². The SMILES string of the molecule is O[n+]1c(Cl)cc(Cl)cc1Oc1cccc(-c2[c-]cnc3ccccc23)c1.[Y]. The van der Waals surface area contributed by atoms with E-state index < -0.39 is 0 Å². The second-order valence-corrected chi connectivity index (χ2v) is 6.39. The van der Waals surface area contributed by atoms with Crippen molar-refractivity contribution in [3.8, 4) is 22.8 Å². The van der Waals surface area contributed by atoms with Crippen LogP contribution in [0.25, 0.3) is 22.0 Å². The molecule has 0 fully saturated rings. The zero-order valence-corrected chi connectivity index (χ0v) is 18.3. The normalized spacial score (nSPS) is 10.4. The standard InChI is InChI=1S/C20H12Cl2N2O2.Y/c21-14-11-19(22)24(25)20(12-14)26-15-5-3-4-13(10-15)16-8-9-23-18-7-2-1-6-17(16)18;/h1-7,9-12,25H;. The van der Waals surface area contributed by atoms with Crippen molar-refractivity contribution in [1.82, 2.24) is 4.98 Å². The summed E-state index contributed by atoms with van der Waals surface area (Å²) in [5.74, 6) is 0.640. The summed E-state index contributed by atoms with van der Waals surface area (Å²) in [6, 6.07) is 21.4. The van der Waals surface area contributed by atoms with E-state index in [1.165, 1.54) is 12.1 Å². The second-order valence-electron chi connectivity index (χ2n) is 5.57. The van der Waals surface area contributed by atoms with Crippen LogP contribution in [-0.2, 0) is 32.7 Å². The summed E-state index contributed by atoms with van der Waals surface area (Å²) < 4.78 is 6.49. The van der Waals surface area contributed by atoms with Crippen molar-refractivity contribution in [3.63, 3.8) is 0 Å². The molecule has 2 aromatic heterocycles. The van der Waals surface area contributed by atoms with E-state index in [1.54, 1.807) is 12.3 Å². The second kappa shape index (κ2) is 8.53. The fourth-order valence-electron chi connectivity index (χ4n) is 2.69. The largest absolute Gasteiger partial charge is 0.425 e. The number of benzene rings is 2. The van der Waals surface area contributed by atoms with Crippen LogP contribution in [-0.4, -0.2) is 10.2 Å².